The minimum absolute atomic E-state index is 0.145. The highest BCUT2D eigenvalue weighted by molar-refractivity contribution is 6.30. The molecule has 1 aromatic carbocycles. The molecule has 1 rings (SSSR count). The monoisotopic (exact) mass is 272 g/mol. The summed E-state index contributed by atoms with van der Waals surface area (Å²) in [5.41, 5.74) is 0.741. The molecule has 1 unspecified atom stereocenters. The average Bonchev–Trinajstić information content (AvgIpc) is 2.28. The van der Waals surface area contributed by atoms with Gasteiger partial charge in [-0.1, -0.05) is 11.6 Å². The Balaban J connectivity index is 2.70. The van der Waals surface area contributed by atoms with Gasteiger partial charge in [-0.15, -0.1) is 0 Å². The van der Waals surface area contributed by atoms with Crippen LogP contribution in [0.4, 0.5) is 0 Å². The summed E-state index contributed by atoms with van der Waals surface area (Å²) >= 11 is 5.97. The SMILES string of the molecule is COc1cc(Cl)cc(CNC(C)CN(C)C)c1O. The van der Waals surface area contributed by atoms with E-state index in [1.165, 1.54) is 7.11 Å². The van der Waals surface area contributed by atoms with Crippen LogP contribution in [0.25, 0.3) is 0 Å². The van der Waals surface area contributed by atoms with Crippen LogP contribution in [0.1, 0.15) is 12.5 Å². The molecular weight excluding hydrogens is 252 g/mol. The van der Waals surface area contributed by atoms with E-state index < -0.39 is 0 Å². The maximum Gasteiger partial charge on any atom is 0.162 e. The first kappa shape index (κ1) is 15.1. The molecule has 0 spiro atoms. The van der Waals surface area contributed by atoms with Gasteiger partial charge in [-0.2, -0.15) is 0 Å². The van der Waals surface area contributed by atoms with Crippen LogP contribution in [-0.4, -0.2) is 43.8 Å². The molecule has 2 N–H and O–H groups in total. The van der Waals surface area contributed by atoms with Crippen molar-refractivity contribution in [2.45, 2.75) is 19.5 Å². The number of ether oxygens (including phenoxy) is 1. The molecule has 5 heteroatoms. The van der Waals surface area contributed by atoms with Gasteiger partial charge in [0.1, 0.15) is 0 Å². The van der Waals surface area contributed by atoms with E-state index in [0.717, 1.165) is 12.1 Å². The minimum Gasteiger partial charge on any atom is -0.504 e. The standard InChI is InChI=1S/C13H21ClN2O2/c1-9(8-16(2)3)15-7-10-5-11(14)6-12(18-4)13(10)17/h5-6,9,15,17H,7-8H2,1-4H3. The van der Waals surface area contributed by atoms with Gasteiger partial charge in [0, 0.05) is 35.8 Å². The number of hydrogen-bond acceptors (Lipinski definition) is 4. The van der Waals surface area contributed by atoms with Crippen LogP contribution in [0, 0.1) is 0 Å². The number of nitrogens with one attached hydrogen (secondary N) is 1. The van der Waals surface area contributed by atoms with E-state index in [0.29, 0.717) is 23.4 Å². The third kappa shape index (κ3) is 4.37. The molecule has 0 saturated carbocycles. The van der Waals surface area contributed by atoms with E-state index in [1.54, 1.807) is 12.1 Å². The molecule has 0 amide bonds. The number of halogens is 1. The fourth-order valence-electron chi connectivity index (χ4n) is 1.82. The summed E-state index contributed by atoms with van der Waals surface area (Å²) in [5.74, 6) is 0.547. The Labute approximate surface area is 114 Å². The first-order valence-electron chi connectivity index (χ1n) is 5.87. The van der Waals surface area contributed by atoms with E-state index in [-0.39, 0.29) is 5.75 Å². The Morgan fingerprint density at radius 3 is 2.67 bits per heavy atom. The number of nitrogens with zero attached hydrogens (tertiary/aromatic N) is 1. The third-order valence-electron chi connectivity index (χ3n) is 2.62. The van der Waals surface area contributed by atoms with Crippen LogP contribution < -0.4 is 10.1 Å². The zero-order valence-corrected chi connectivity index (χ0v) is 12.1. The lowest BCUT2D eigenvalue weighted by atomic mass is 10.1. The summed E-state index contributed by atoms with van der Waals surface area (Å²) in [6, 6.07) is 3.67. The van der Waals surface area contributed by atoms with Gasteiger partial charge < -0.3 is 20.1 Å². The van der Waals surface area contributed by atoms with Crippen LogP contribution in [0.3, 0.4) is 0 Å². The van der Waals surface area contributed by atoms with Crippen LogP contribution in [0.5, 0.6) is 11.5 Å². The van der Waals surface area contributed by atoms with Crippen molar-refractivity contribution in [2.75, 3.05) is 27.7 Å². The number of methoxy groups -OCH3 is 1. The molecule has 1 atom stereocenters. The second-order valence-electron chi connectivity index (χ2n) is 4.66. The maximum absolute atomic E-state index is 9.97. The van der Waals surface area contributed by atoms with Crippen LogP contribution in [-0.2, 0) is 6.54 Å². The second-order valence-corrected chi connectivity index (χ2v) is 5.10. The molecule has 0 aliphatic carbocycles. The van der Waals surface area contributed by atoms with Crippen molar-refractivity contribution < 1.29 is 9.84 Å². The van der Waals surface area contributed by atoms with E-state index in [1.807, 2.05) is 14.1 Å². The highest BCUT2D eigenvalue weighted by Crippen LogP contribution is 2.33. The molecule has 102 valence electrons. The summed E-state index contributed by atoms with van der Waals surface area (Å²) in [6.07, 6.45) is 0. The molecule has 0 bridgehead atoms. The Morgan fingerprint density at radius 2 is 2.11 bits per heavy atom. The molecule has 0 fully saturated rings. The molecule has 0 radical (unpaired) electrons. The predicted octanol–water partition coefficient (Wildman–Crippen LogP) is 2.09. The molecular formula is C13H21ClN2O2. The number of phenols is 1. The normalized spacial score (nSPS) is 12.8. The van der Waals surface area contributed by atoms with Crippen molar-refractivity contribution >= 4 is 11.6 Å². The zero-order valence-electron chi connectivity index (χ0n) is 11.3. The Morgan fingerprint density at radius 1 is 1.44 bits per heavy atom. The molecule has 0 heterocycles. The molecule has 0 aliphatic heterocycles. The number of aromatic hydroxyl groups is 1. The van der Waals surface area contributed by atoms with Gasteiger partial charge in [-0.05, 0) is 27.1 Å². The number of hydrogen-bond donors (Lipinski definition) is 2. The van der Waals surface area contributed by atoms with Gasteiger partial charge >= 0.3 is 0 Å². The van der Waals surface area contributed by atoms with Crippen molar-refractivity contribution in [3.63, 3.8) is 0 Å². The topological polar surface area (TPSA) is 44.7 Å². The summed E-state index contributed by atoms with van der Waals surface area (Å²) in [4.78, 5) is 2.11. The van der Waals surface area contributed by atoms with E-state index in [9.17, 15) is 5.11 Å². The molecule has 4 nitrogen and oxygen atoms in total. The van der Waals surface area contributed by atoms with Gasteiger partial charge in [-0.3, -0.25) is 0 Å². The second kappa shape index (κ2) is 6.83. The smallest absolute Gasteiger partial charge is 0.162 e. The first-order valence-corrected chi connectivity index (χ1v) is 6.25. The van der Waals surface area contributed by atoms with Crippen molar-refractivity contribution in [2.24, 2.45) is 0 Å². The lowest BCUT2D eigenvalue weighted by Crippen LogP contribution is -2.35. The van der Waals surface area contributed by atoms with Crippen molar-refractivity contribution in [1.82, 2.24) is 10.2 Å². The van der Waals surface area contributed by atoms with Crippen molar-refractivity contribution in [3.05, 3.63) is 22.7 Å². The van der Waals surface area contributed by atoms with Gasteiger partial charge in [0.05, 0.1) is 7.11 Å². The number of likely N-dealkylation sites (N-methyl/N-ethyl adjacent to an activating group) is 1. The zero-order chi connectivity index (χ0) is 13.7. The van der Waals surface area contributed by atoms with Crippen LogP contribution in [0.15, 0.2) is 12.1 Å². The fourth-order valence-corrected chi connectivity index (χ4v) is 2.05. The summed E-state index contributed by atoms with van der Waals surface area (Å²) < 4.78 is 5.07. The third-order valence-corrected chi connectivity index (χ3v) is 2.84. The van der Waals surface area contributed by atoms with Crippen LogP contribution in [0.2, 0.25) is 5.02 Å². The van der Waals surface area contributed by atoms with E-state index in [4.69, 9.17) is 16.3 Å². The lowest BCUT2D eigenvalue weighted by molar-refractivity contribution is 0.344. The number of rotatable bonds is 6. The quantitative estimate of drug-likeness (QED) is 0.832. The van der Waals surface area contributed by atoms with Gasteiger partial charge in [-0.25, -0.2) is 0 Å². The number of phenolic OH excluding ortho intramolecular Hbond substituents is 1. The first-order chi connectivity index (χ1) is 8.43. The summed E-state index contributed by atoms with van der Waals surface area (Å²) in [5, 5.41) is 13.9. The summed E-state index contributed by atoms with van der Waals surface area (Å²) in [6.45, 7) is 3.58. The largest absolute Gasteiger partial charge is 0.504 e. The average molecular weight is 273 g/mol. The van der Waals surface area contributed by atoms with Gasteiger partial charge in [0.15, 0.2) is 11.5 Å². The highest BCUT2D eigenvalue weighted by atomic mass is 35.5. The van der Waals surface area contributed by atoms with Gasteiger partial charge in [0.2, 0.25) is 0 Å². The number of benzene rings is 1. The molecule has 0 aliphatic rings. The molecule has 18 heavy (non-hydrogen) atoms. The minimum atomic E-state index is 0.145. The Kier molecular flexibility index (Phi) is 5.72. The van der Waals surface area contributed by atoms with E-state index in [2.05, 4.69) is 17.1 Å². The van der Waals surface area contributed by atoms with Crippen LogP contribution >= 0.6 is 11.6 Å². The summed E-state index contributed by atoms with van der Waals surface area (Å²) in [7, 11) is 5.56. The van der Waals surface area contributed by atoms with E-state index >= 15 is 0 Å². The highest BCUT2D eigenvalue weighted by Gasteiger charge is 2.11. The molecule has 0 saturated heterocycles. The van der Waals surface area contributed by atoms with Gasteiger partial charge in [0.25, 0.3) is 0 Å². The van der Waals surface area contributed by atoms with Crippen molar-refractivity contribution in [3.8, 4) is 11.5 Å². The predicted molar refractivity (Wildman–Crippen MR) is 74.5 cm³/mol. The van der Waals surface area contributed by atoms with Crippen molar-refractivity contribution in [1.29, 1.82) is 0 Å². The maximum atomic E-state index is 9.97. The fraction of sp³-hybridized carbons (Fsp3) is 0.538. The lowest BCUT2D eigenvalue weighted by Gasteiger charge is -2.19. The Bertz CT molecular complexity index is 397. The Hall–Kier alpha value is -0.970. The molecule has 0 aromatic heterocycles. The molecule has 1 aromatic rings.